The molecular formula is C16H21N3O. The SMILES string of the molecule is COc1c(C(NN)c2ccc(C)nc2)ccc(C)c1C. The highest BCUT2D eigenvalue weighted by Crippen LogP contribution is 2.33. The summed E-state index contributed by atoms with van der Waals surface area (Å²) in [5, 5.41) is 0. The highest BCUT2D eigenvalue weighted by molar-refractivity contribution is 5.49. The molecule has 2 rings (SSSR count). The molecule has 1 aromatic carbocycles. The van der Waals surface area contributed by atoms with E-state index in [0.717, 1.165) is 28.1 Å². The lowest BCUT2D eigenvalue weighted by atomic mass is 9.95. The van der Waals surface area contributed by atoms with Crippen molar-refractivity contribution in [2.75, 3.05) is 7.11 Å². The molecule has 4 nitrogen and oxygen atoms in total. The summed E-state index contributed by atoms with van der Waals surface area (Å²) in [5.74, 6) is 6.62. The molecule has 106 valence electrons. The first kappa shape index (κ1) is 14.5. The first-order valence-corrected chi connectivity index (χ1v) is 6.61. The minimum atomic E-state index is -0.141. The van der Waals surface area contributed by atoms with Gasteiger partial charge in [0.1, 0.15) is 5.75 Å². The van der Waals surface area contributed by atoms with Crippen molar-refractivity contribution in [3.63, 3.8) is 0 Å². The summed E-state index contributed by atoms with van der Waals surface area (Å²) < 4.78 is 5.57. The molecule has 3 N–H and O–H groups in total. The number of aromatic nitrogens is 1. The monoisotopic (exact) mass is 271 g/mol. The van der Waals surface area contributed by atoms with E-state index in [2.05, 4.69) is 30.3 Å². The lowest BCUT2D eigenvalue weighted by molar-refractivity contribution is 0.400. The molecule has 0 bridgehead atoms. The van der Waals surface area contributed by atoms with Crippen molar-refractivity contribution < 1.29 is 4.74 Å². The van der Waals surface area contributed by atoms with Gasteiger partial charge in [-0.3, -0.25) is 10.8 Å². The van der Waals surface area contributed by atoms with Crippen LogP contribution in [0.5, 0.6) is 5.75 Å². The number of hydrazine groups is 1. The van der Waals surface area contributed by atoms with Gasteiger partial charge in [-0.15, -0.1) is 0 Å². The van der Waals surface area contributed by atoms with Crippen molar-refractivity contribution in [1.29, 1.82) is 0 Å². The zero-order chi connectivity index (χ0) is 14.7. The molecular weight excluding hydrogens is 250 g/mol. The Morgan fingerprint density at radius 1 is 1.15 bits per heavy atom. The predicted molar refractivity (Wildman–Crippen MR) is 80.6 cm³/mol. The van der Waals surface area contributed by atoms with Gasteiger partial charge in [0, 0.05) is 17.5 Å². The summed E-state index contributed by atoms with van der Waals surface area (Å²) in [4.78, 5) is 4.33. The molecule has 1 heterocycles. The average molecular weight is 271 g/mol. The molecule has 0 saturated heterocycles. The second-order valence-electron chi connectivity index (χ2n) is 4.96. The number of rotatable bonds is 4. The number of methoxy groups -OCH3 is 1. The van der Waals surface area contributed by atoms with Gasteiger partial charge in [-0.05, 0) is 43.5 Å². The molecule has 0 aliphatic rings. The van der Waals surface area contributed by atoms with Crippen LogP contribution >= 0.6 is 0 Å². The third-order valence-electron chi connectivity index (χ3n) is 3.66. The smallest absolute Gasteiger partial charge is 0.127 e. The molecule has 0 amide bonds. The Balaban J connectivity index is 2.52. The largest absolute Gasteiger partial charge is 0.496 e. The summed E-state index contributed by atoms with van der Waals surface area (Å²) in [7, 11) is 1.69. The van der Waals surface area contributed by atoms with Gasteiger partial charge < -0.3 is 4.74 Å². The van der Waals surface area contributed by atoms with E-state index in [1.54, 1.807) is 7.11 Å². The normalized spacial score (nSPS) is 12.2. The van der Waals surface area contributed by atoms with Gasteiger partial charge in [0.2, 0.25) is 0 Å². The Labute approximate surface area is 120 Å². The summed E-state index contributed by atoms with van der Waals surface area (Å²) in [6.45, 7) is 6.09. The number of hydrogen-bond donors (Lipinski definition) is 2. The van der Waals surface area contributed by atoms with Crippen LogP contribution < -0.4 is 16.0 Å². The van der Waals surface area contributed by atoms with Gasteiger partial charge in [0.05, 0.1) is 13.2 Å². The average Bonchev–Trinajstić information content (AvgIpc) is 2.45. The summed E-state index contributed by atoms with van der Waals surface area (Å²) >= 11 is 0. The molecule has 0 spiro atoms. The third-order valence-corrected chi connectivity index (χ3v) is 3.66. The Hall–Kier alpha value is -1.91. The van der Waals surface area contributed by atoms with E-state index >= 15 is 0 Å². The van der Waals surface area contributed by atoms with Gasteiger partial charge in [0.15, 0.2) is 0 Å². The fraction of sp³-hybridized carbons (Fsp3) is 0.312. The fourth-order valence-electron chi connectivity index (χ4n) is 2.32. The summed E-state index contributed by atoms with van der Waals surface area (Å²) in [6.07, 6.45) is 1.84. The van der Waals surface area contributed by atoms with E-state index < -0.39 is 0 Å². The highest BCUT2D eigenvalue weighted by atomic mass is 16.5. The first-order valence-electron chi connectivity index (χ1n) is 6.61. The minimum Gasteiger partial charge on any atom is -0.496 e. The Kier molecular flexibility index (Phi) is 4.37. The molecule has 1 aromatic heterocycles. The Morgan fingerprint density at radius 2 is 1.90 bits per heavy atom. The Bertz CT molecular complexity index is 593. The maximum Gasteiger partial charge on any atom is 0.127 e. The van der Waals surface area contributed by atoms with E-state index in [4.69, 9.17) is 10.6 Å². The fourth-order valence-corrected chi connectivity index (χ4v) is 2.32. The van der Waals surface area contributed by atoms with Crippen LogP contribution in [0.4, 0.5) is 0 Å². The van der Waals surface area contributed by atoms with E-state index in [-0.39, 0.29) is 6.04 Å². The number of nitrogens with two attached hydrogens (primary N) is 1. The van der Waals surface area contributed by atoms with Crippen molar-refractivity contribution >= 4 is 0 Å². The van der Waals surface area contributed by atoms with Gasteiger partial charge in [-0.1, -0.05) is 18.2 Å². The van der Waals surface area contributed by atoms with Crippen molar-refractivity contribution in [2.24, 2.45) is 5.84 Å². The lowest BCUT2D eigenvalue weighted by Gasteiger charge is -2.21. The Morgan fingerprint density at radius 3 is 2.45 bits per heavy atom. The van der Waals surface area contributed by atoms with Crippen LogP contribution in [0, 0.1) is 20.8 Å². The number of nitrogens with zero attached hydrogens (tertiary/aromatic N) is 1. The second-order valence-corrected chi connectivity index (χ2v) is 4.96. The molecule has 0 aliphatic carbocycles. The highest BCUT2D eigenvalue weighted by Gasteiger charge is 2.19. The standard InChI is InChI=1S/C16H21N3O/c1-10-5-8-14(16(20-4)12(10)3)15(19-17)13-7-6-11(2)18-9-13/h5-9,15,19H,17H2,1-4H3. The van der Waals surface area contributed by atoms with Gasteiger partial charge >= 0.3 is 0 Å². The number of aryl methyl sites for hydroxylation is 2. The maximum absolute atomic E-state index is 5.75. The molecule has 20 heavy (non-hydrogen) atoms. The van der Waals surface area contributed by atoms with Crippen LogP contribution in [-0.4, -0.2) is 12.1 Å². The molecule has 1 atom stereocenters. The zero-order valence-electron chi connectivity index (χ0n) is 12.4. The van der Waals surface area contributed by atoms with Crippen LogP contribution in [0.25, 0.3) is 0 Å². The number of nitrogens with one attached hydrogen (secondary N) is 1. The van der Waals surface area contributed by atoms with Crippen LogP contribution in [0.1, 0.15) is 34.0 Å². The summed E-state index contributed by atoms with van der Waals surface area (Å²) in [5.41, 5.74) is 8.20. The van der Waals surface area contributed by atoms with Gasteiger partial charge in [0.25, 0.3) is 0 Å². The first-order chi connectivity index (χ1) is 9.58. The molecule has 0 fully saturated rings. The molecule has 0 radical (unpaired) electrons. The van der Waals surface area contributed by atoms with Crippen molar-refractivity contribution in [3.05, 3.63) is 58.4 Å². The number of pyridine rings is 1. The van der Waals surface area contributed by atoms with E-state index in [1.807, 2.05) is 31.3 Å². The van der Waals surface area contributed by atoms with Crippen molar-refractivity contribution in [3.8, 4) is 5.75 Å². The molecule has 0 aliphatic heterocycles. The van der Waals surface area contributed by atoms with Crippen molar-refractivity contribution in [1.82, 2.24) is 10.4 Å². The lowest BCUT2D eigenvalue weighted by Crippen LogP contribution is -2.29. The summed E-state index contributed by atoms with van der Waals surface area (Å²) in [6, 6.07) is 8.00. The molecule has 4 heteroatoms. The van der Waals surface area contributed by atoms with Gasteiger partial charge in [-0.2, -0.15) is 0 Å². The third kappa shape index (κ3) is 2.66. The van der Waals surface area contributed by atoms with Gasteiger partial charge in [-0.25, -0.2) is 5.43 Å². The topological polar surface area (TPSA) is 60.2 Å². The second kappa shape index (κ2) is 6.03. The minimum absolute atomic E-state index is 0.141. The molecule has 2 aromatic rings. The van der Waals surface area contributed by atoms with Crippen LogP contribution in [-0.2, 0) is 0 Å². The molecule has 0 saturated carbocycles. The van der Waals surface area contributed by atoms with E-state index in [1.165, 1.54) is 5.56 Å². The zero-order valence-corrected chi connectivity index (χ0v) is 12.4. The predicted octanol–water partition coefficient (Wildman–Crippen LogP) is 2.57. The number of hydrogen-bond acceptors (Lipinski definition) is 4. The number of ether oxygens (including phenoxy) is 1. The maximum atomic E-state index is 5.75. The van der Waals surface area contributed by atoms with Crippen LogP contribution in [0.15, 0.2) is 30.5 Å². The van der Waals surface area contributed by atoms with Crippen LogP contribution in [0.2, 0.25) is 0 Å². The van der Waals surface area contributed by atoms with Crippen molar-refractivity contribution in [2.45, 2.75) is 26.8 Å². The van der Waals surface area contributed by atoms with E-state index in [0.29, 0.717) is 0 Å². The quantitative estimate of drug-likeness (QED) is 0.663. The van der Waals surface area contributed by atoms with E-state index in [9.17, 15) is 0 Å². The van der Waals surface area contributed by atoms with Crippen LogP contribution in [0.3, 0.4) is 0 Å². The molecule has 1 unspecified atom stereocenters. The number of benzene rings is 1.